The van der Waals surface area contributed by atoms with Crippen LogP contribution in [0, 0.1) is 5.92 Å². The molecule has 0 aromatic carbocycles. The summed E-state index contributed by atoms with van der Waals surface area (Å²) in [4.78, 5) is 0. The minimum atomic E-state index is 0.527. The van der Waals surface area contributed by atoms with E-state index in [1.54, 1.807) is 7.11 Å². The zero-order chi connectivity index (χ0) is 8.27. The van der Waals surface area contributed by atoms with Crippen LogP contribution in [0.3, 0.4) is 0 Å². The van der Waals surface area contributed by atoms with Gasteiger partial charge in [-0.1, -0.05) is 13.8 Å². The van der Waals surface area contributed by atoms with E-state index in [1.165, 1.54) is 12.8 Å². The van der Waals surface area contributed by atoms with Gasteiger partial charge in [-0.05, 0) is 25.3 Å². The van der Waals surface area contributed by atoms with Crippen molar-refractivity contribution in [3.63, 3.8) is 0 Å². The first-order chi connectivity index (χ1) is 5.22. The topological polar surface area (TPSA) is 21.3 Å². The second kappa shape index (κ2) is 4.07. The van der Waals surface area contributed by atoms with Gasteiger partial charge in [0, 0.05) is 13.2 Å². The normalized spacial score (nSPS) is 30.5. The molecule has 0 heterocycles. The van der Waals surface area contributed by atoms with Gasteiger partial charge in [0.05, 0.1) is 6.10 Å². The van der Waals surface area contributed by atoms with Crippen molar-refractivity contribution >= 4 is 0 Å². The molecular weight excluding hydrogens is 138 g/mol. The van der Waals surface area contributed by atoms with Crippen LogP contribution in [0.15, 0.2) is 0 Å². The molecule has 1 aliphatic carbocycles. The maximum Gasteiger partial charge on any atom is 0.0601 e. The molecule has 66 valence electrons. The van der Waals surface area contributed by atoms with E-state index in [-0.39, 0.29) is 0 Å². The lowest BCUT2D eigenvalue weighted by Crippen LogP contribution is -2.46. The third-order valence-corrected chi connectivity index (χ3v) is 2.24. The Kier molecular flexibility index (Phi) is 3.34. The molecule has 0 saturated heterocycles. The average molecular weight is 157 g/mol. The number of hydrogen-bond donors (Lipinski definition) is 1. The first kappa shape index (κ1) is 9.01. The molecule has 1 saturated carbocycles. The van der Waals surface area contributed by atoms with Crippen LogP contribution >= 0.6 is 0 Å². The molecule has 1 N–H and O–H groups in total. The molecule has 0 radical (unpaired) electrons. The Labute approximate surface area is 69.3 Å². The van der Waals surface area contributed by atoms with Crippen LogP contribution in [0.2, 0.25) is 0 Å². The molecule has 0 spiro atoms. The van der Waals surface area contributed by atoms with E-state index in [1.807, 2.05) is 0 Å². The standard InChI is InChI=1S/C9H19NO/c1-7(2)6-10-8-4-9(5-8)11-3/h7-10H,4-6H2,1-3H3. The molecule has 2 heteroatoms. The van der Waals surface area contributed by atoms with Crippen molar-refractivity contribution in [2.75, 3.05) is 13.7 Å². The van der Waals surface area contributed by atoms with Crippen LogP contribution in [-0.4, -0.2) is 25.8 Å². The van der Waals surface area contributed by atoms with E-state index >= 15 is 0 Å². The molecule has 11 heavy (non-hydrogen) atoms. The molecule has 2 nitrogen and oxygen atoms in total. The zero-order valence-corrected chi connectivity index (χ0v) is 7.76. The van der Waals surface area contributed by atoms with Crippen molar-refractivity contribution in [1.29, 1.82) is 0 Å². The quantitative estimate of drug-likeness (QED) is 0.666. The van der Waals surface area contributed by atoms with Crippen molar-refractivity contribution in [3.8, 4) is 0 Å². The predicted octanol–water partition coefficient (Wildman–Crippen LogP) is 1.41. The van der Waals surface area contributed by atoms with Crippen LogP contribution in [0.4, 0.5) is 0 Å². The molecule has 0 aliphatic heterocycles. The molecular formula is C9H19NO. The number of rotatable bonds is 4. The monoisotopic (exact) mass is 157 g/mol. The second-order valence-corrected chi connectivity index (χ2v) is 3.83. The molecule has 1 aliphatic rings. The van der Waals surface area contributed by atoms with Gasteiger partial charge in [-0.25, -0.2) is 0 Å². The van der Waals surface area contributed by atoms with Gasteiger partial charge in [0.15, 0.2) is 0 Å². The highest BCUT2D eigenvalue weighted by Gasteiger charge is 2.28. The molecule has 0 aromatic heterocycles. The highest BCUT2D eigenvalue weighted by Crippen LogP contribution is 2.22. The van der Waals surface area contributed by atoms with Gasteiger partial charge in [0.1, 0.15) is 0 Å². The fourth-order valence-electron chi connectivity index (χ4n) is 1.33. The fourth-order valence-corrected chi connectivity index (χ4v) is 1.33. The average Bonchev–Trinajstić information content (AvgIpc) is 1.84. The first-order valence-electron chi connectivity index (χ1n) is 4.48. The van der Waals surface area contributed by atoms with Gasteiger partial charge >= 0.3 is 0 Å². The van der Waals surface area contributed by atoms with Crippen LogP contribution in [-0.2, 0) is 4.74 Å². The van der Waals surface area contributed by atoms with Crippen molar-refractivity contribution in [2.45, 2.75) is 38.8 Å². The Morgan fingerprint density at radius 1 is 1.45 bits per heavy atom. The van der Waals surface area contributed by atoms with Crippen LogP contribution in [0.1, 0.15) is 26.7 Å². The SMILES string of the molecule is COC1CC(NCC(C)C)C1. The largest absolute Gasteiger partial charge is 0.381 e. The Morgan fingerprint density at radius 3 is 2.55 bits per heavy atom. The molecule has 0 aromatic rings. The highest BCUT2D eigenvalue weighted by atomic mass is 16.5. The molecule has 0 bridgehead atoms. The molecule has 1 fully saturated rings. The van der Waals surface area contributed by atoms with Gasteiger partial charge in [0.2, 0.25) is 0 Å². The summed E-state index contributed by atoms with van der Waals surface area (Å²) < 4.78 is 5.18. The Bertz CT molecular complexity index is 108. The molecule has 0 unspecified atom stereocenters. The Morgan fingerprint density at radius 2 is 2.09 bits per heavy atom. The molecule has 0 atom stereocenters. The lowest BCUT2D eigenvalue weighted by Gasteiger charge is -2.35. The Hall–Kier alpha value is -0.0800. The van der Waals surface area contributed by atoms with Gasteiger partial charge in [-0.2, -0.15) is 0 Å². The van der Waals surface area contributed by atoms with E-state index in [9.17, 15) is 0 Å². The van der Waals surface area contributed by atoms with Crippen LogP contribution < -0.4 is 5.32 Å². The second-order valence-electron chi connectivity index (χ2n) is 3.83. The minimum absolute atomic E-state index is 0.527. The minimum Gasteiger partial charge on any atom is -0.381 e. The van der Waals surface area contributed by atoms with Crippen LogP contribution in [0.25, 0.3) is 0 Å². The summed E-state index contributed by atoms with van der Waals surface area (Å²) in [6.07, 6.45) is 2.92. The van der Waals surface area contributed by atoms with E-state index < -0.39 is 0 Å². The van der Waals surface area contributed by atoms with Gasteiger partial charge < -0.3 is 10.1 Å². The van der Waals surface area contributed by atoms with Crippen LogP contribution in [0.5, 0.6) is 0 Å². The summed E-state index contributed by atoms with van der Waals surface area (Å²) in [5, 5.41) is 3.50. The number of ether oxygens (including phenoxy) is 1. The summed E-state index contributed by atoms with van der Waals surface area (Å²) in [7, 11) is 1.79. The maximum atomic E-state index is 5.18. The summed E-state index contributed by atoms with van der Waals surface area (Å²) in [5.74, 6) is 0.761. The number of nitrogens with one attached hydrogen (secondary N) is 1. The van der Waals surface area contributed by atoms with Crippen molar-refractivity contribution in [2.24, 2.45) is 5.92 Å². The zero-order valence-electron chi connectivity index (χ0n) is 7.76. The smallest absolute Gasteiger partial charge is 0.0601 e. The van der Waals surface area contributed by atoms with E-state index in [0.717, 1.165) is 18.5 Å². The lowest BCUT2D eigenvalue weighted by molar-refractivity contribution is 0.0168. The third kappa shape index (κ3) is 2.80. The van der Waals surface area contributed by atoms with Crippen molar-refractivity contribution < 1.29 is 4.74 Å². The lowest BCUT2D eigenvalue weighted by atomic mass is 9.89. The van der Waals surface area contributed by atoms with Crippen molar-refractivity contribution in [1.82, 2.24) is 5.32 Å². The predicted molar refractivity (Wildman–Crippen MR) is 46.7 cm³/mol. The van der Waals surface area contributed by atoms with E-state index in [0.29, 0.717) is 6.10 Å². The summed E-state index contributed by atoms with van der Waals surface area (Å²) in [6, 6.07) is 0.724. The van der Waals surface area contributed by atoms with Gasteiger partial charge in [-0.15, -0.1) is 0 Å². The summed E-state index contributed by atoms with van der Waals surface area (Å²) in [6.45, 7) is 5.61. The summed E-state index contributed by atoms with van der Waals surface area (Å²) in [5.41, 5.74) is 0. The van der Waals surface area contributed by atoms with Crippen molar-refractivity contribution in [3.05, 3.63) is 0 Å². The third-order valence-electron chi connectivity index (χ3n) is 2.24. The van der Waals surface area contributed by atoms with E-state index in [4.69, 9.17) is 4.74 Å². The van der Waals surface area contributed by atoms with Gasteiger partial charge in [0.25, 0.3) is 0 Å². The highest BCUT2D eigenvalue weighted by molar-refractivity contribution is 4.85. The number of methoxy groups -OCH3 is 1. The summed E-state index contributed by atoms with van der Waals surface area (Å²) >= 11 is 0. The maximum absolute atomic E-state index is 5.18. The number of hydrogen-bond acceptors (Lipinski definition) is 2. The van der Waals surface area contributed by atoms with E-state index in [2.05, 4.69) is 19.2 Å². The first-order valence-corrected chi connectivity index (χ1v) is 4.48. The Balaban J connectivity index is 1.96. The van der Waals surface area contributed by atoms with Gasteiger partial charge in [-0.3, -0.25) is 0 Å². The fraction of sp³-hybridized carbons (Fsp3) is 1.00. The molecule has 1 rings (SSSR count). The molecule has 0 amide bonds.